The van der Waals surface area contributed by atoms with Crippen LogP contribution in [-0.2, 0) is 11.3 Å². The highest BCUT2D eigenvalue weighted by atomic mass is 35.5. The van der Waals surface area contributed by atoms with Crippen LogP contribution in [-0.4, -0.2) is 34.4 Å². The lowest BCUT2D eigenvalue weighted by Gasteiger charge is -2.15. The standard InChI is InChI=1S/C15H19ClN2O2S/c1-3-21-12-6-4-11(5-7-12)15(19)14-13(16)10-17-18(14)8-9-20-2/h4-7,10,15,19H,3,8-9H2,1-2H3. The fraction of sp³-hybridized carbons (Fsp3) is 0.400. The van der Waals surface area contributed by atoms with Crippen molar-refractivity contribution in [1.29, 1.82) is 0 Å². The summed E-state index contributed by atoms with van der Waals surface area (Å²) in [5.74, 6) is 1.03. The van der Waals surface area contributed by atoms with Crippen molar-refractivity contribution in [3.8, 4) is 0 Å². The van der Waals surface area contributed by atoms with Crippen LogP contribution in [0.25, 0.3) is 0 Å². The third kappa shape index (κ3) is 4.01. The van der Waals surface area contributed by atoms with Crippen LogP contribution in [0.15, 0.2) is 35.4 Å². The first-order valence-corrected chi connectivity index (χ1v) is 8.14. The van der Waals surface area contributed by atoms with E-state index in [9.17, 15) is 5.11 Å². The Hall–Kier alpha value is -1.01. The first-order valence-electron chi connectivity index (χ1n) is 6.78. The largest absolute Gasteiger partial charge is 0.383 e. The number of aliphatic hydroxyl groups is 1. The van der Waals surface area contributed by atoms with Gasteiger partial charge in [0, 0.05) is 12.0 Å². The molecule has 0 aliphatic carbocycles. The summed E-state index contributed by atoms with van der Waals surface area (Å²) in [5, 5.41) is 15.2. The molecule has 0 saturated carbocycles. The molecule has 21 heavy (non-hydrogen) atoms. The van der Waals surface area contributed by atoms with Crippen LogP contribution in [0.5, 0.6) is 0 Å². The molecule has 0 fully saturated rings. The van der Waals surface area contributed by atoms with Crippen molar-refractivity contribution in [1.82, 2.24) is 9.78 Å². The Bertz CT molecular complexity index is 572. The van der Waals surface area contributed by atoms with Crippen molar-refractivity contribution in [3.05, 3.63) is 46.7 Å². The average Bonchev–Trinajstić information content (AvgIpc) is 2.86. The molecule has 0 aliphatic rings. The molecule has 0 spiro atoms. The molecule has 1 aromatic carbocycles. The van der Waals surface area contributed by atoms with Gasteiger partial charge in [-0.2, -0.15) is 5.10 Å². The number of hydrogen-bond donors (Lipinski definition) is 1. The third-order valence-corrected chi connectivity index (χ3v) is 4.29. The van der Waals surface area contributed by atoms with Crippen molar-refractivity contribution in [2.24, 2.45) is 0 Å². The van der Waals surface area contributed by atoms with Crippen LogP contribution < -0.4 is 0 Å². The van der Waals surface area contributed by atoms with Crippen molar-refractivity contribution in [3.63, 3.8) is 0 Å². The molecule has 1 N–H and O–H groups in total. The average molecular weight is 327 g/mol. The second-order valence-corrected chi connectivity index (χ2v) is 6.24. The van der Waals surface area contributed by atoms with Crippen molar-refractivity contribution in [2.75, 3.05) is 19.5 Å². The van der Waals surface area contributed by atoms with Gasteiger partial charge in [-0.15, -0.1) is 11.8 Å². The summed E-state index contributed by atoms with van der Waals surface area (Å²) in [6.07, 6.45) is 0.759. The topological polar surface area (TPSA) is 47.3 Å². The zero-order valence-corrected chi connectivity index (χ0v) is 13.7. The second-order valence-electron chi connectivity index (χ2n) is 4.50. The zero-order valence-electron chi connectivity index (χ0n) is 12.1. The number of aliphatic hydroxyl groups excluding tert-OH is 1. The van der Waals surface area contributed by atoms with Crippen molar-refractivity contribution in [2.45, 2.75) is 24.5 Å². The van der Waals surface area contributed by atoms with Gasteiger partial charge in [-0.25, -0.2) is 0 Å². The maximum atomic E-state index is 10.6. The molecule has 0 bridgehead atoms. The highest BCUT2D eigenvalue weighted by Gasteiger charge is 2.19. The molecule has 0 saturated heterocycles. The summed E-state index contributed by atoms with van der Waals surface area (Å²) in [5.41, 5.74) is 1.40. The van der Waals surface area contributed by atoms with Gasteiger partial charge in [0.1, 0.15) is 6.10 Å². The fourth-order valence-electron chi connectivity index (χ4n) is 2.07. The van der Waals surface area contributed by atoms with Gasteiger partial charge in [0.15, 0.2) is 0 Å². The Kier molecular flexibility index (Phi) is 6.11. The number of methoxy groups -OCH3 is 1. The van der Waals surface area contributed by atoms with Crippen LogP contribution in [0.4, 0.5) is 0 Å². The van der Waals surface area contributed by atoms with E-state index in [2.05, 4.69) is 12.0 Å². The van der Waals surface area contributed by atoms with Gasteiger partial charge < -0.3 is 9.84 Å². The normalized spacial score (nSPS) is 12.6. The highest BCUT2D eigenvalue weighted by molar-refractivity contribution is 7.99. The number of benzene rings is 1. The zero-order chi connectivity index (χ0) is 15.2. The number of halogens is 1. The number of nitrogens with zero attached hydrogens (tertiary/aromatic N) is 2. The van der Waals surface area contributed by atoms with Gasteiger partial charge in [-0.1, -0.05) is 30.7 Å². The van der Waals surface area contributed by atoms with Crippen molar-refractivity contribution >= 4 is 23.4 Å². The number of hydrogen-bond acceptors (Lipinski definition) is 4. The Morgan fingerprint density at radius 1 is 1.38 bits per heavy atom. The monoisotopic (exact) mass is 326 g/mol. The highest BCUT2D eigenvalue weighted by Crippen LogP contribution is 2.29. The van der Waals surface area contributed by atoms with E-state index >= 15 is 0 Å². The molecular weight excluding hydrogens is 308 g/mol. The third-order valence-electron chi connectivity index (χ3n) is 3.11. The van der Waals surface area contributed by atoms with E-state index in [1.165, 1.54) is 4.90 Å². The number of ether oxygens (including phenoxy) is 1. The van der Waals surface area contributed by atoms with Crippen LogP contribution in [0.1, 0.15) is 24.3 Å². The molecule has 4 nitrogen and oxygen atoms in total. The van der Waals surface area contributed by atoms with Crippen LogP contribution in [0.3, 0.4) is 0 Å². The lowest BCUT2D eigenvalue weighted by atomic mass is 10.1. The van der Waals surface area contributed by atoms with E-state index in [4.69, 9.17) is 16.3 Å². The van der Waals surface area contributed by atoms with E-state index in [0.717, 1.165) is 11.3 Å². The number of rotatable bonds is 7. The summed E-state index contributed by atoms with van der Waals surface area (Å²) < 4.78 is 6.74. The predicted octanol–water partition coefficient (Wildman–Crippen LogP) is 3.38. The quantitative estimate of drug-likeness (QED) is 0.792. The van der Waals surface area contributed by atoms with E-state index in [1.54, 1.807) is 29.8 Å². The van der Waals surface area contributed by atoms with Crippen LogP contribution in [0.2, 0.25) is 5.02 Å². The molecule has 2 rings (SSSR count). The van der Waals surface area contributed by atoms with E-state index in [-0.39, 0.29) is 0 Å². The maximum absolute atomic E-state index is 10.6. The Balaban J connectivity index is 2.22. The van der Waals surface area contributed by atoms with E-state index in [0.29, 0.717) is 23.9 Å². The molecule has 1 unspecified atom stereocenters. The van der Waals surface area contributed by atoms with E-state index < -0.39 is 6.10 Å². The molecule has 0 radical (unpaired) electrons. The molecule has 1 atom stereocenters. The summed E-state index contributed by atoms with van der Waals surface area (Å²) in [6, 6.07) is 7.87. The molecule has 6 heteroatoms. The molecular formula is C15H19ClN2O2S. The molecule has 2 aromatic rings. The minimum Gasteiger partial charge on any atom is -0.383 e. The van der Waals surface area contributed by atoms with Crippen LogP contribution in [0, 0.1) is 0 Å². The summed E-state index contributed by atoms with van der Waals surface area (Å²) in [4.78, 5) is 1.19. The van der Waals surface area contributed by atoms with Gasteiger partial charge in [0.2, 0.25) is 0 Å². The van der Waals surface area contributed by atoms with Crippen molar-refractivity contribution < 1.29 is 9.84 Å². The first-order chi connectivity index (χ1) is 10.2. The SMILES string of the molecule is CCSc1ccc(C(O)c2c(Cl)cnn2CCOC)cc1. The molecule has 1 aromatic heterocycles. The van der Waals surface area contributed by atoms with Crippen LogP contribution >= 0.6 is 23.4 Å². The van der Waals surface area contributed by atoms with Gasteiger partial charge in [-0.3, -0.25) is 4.68 Å². The minimum atomic E-state index is -0.794. The van der Waals surface area contributed by atoms with E-state index in [1.807, 2.05) is 24.3 Å². The Morgan fingerprint density at radius 2 is 2.10 bits per heavy atom. The number of thioether (sulfide) groups is 1. The smallest absolute Gasteiger partial charge is 0.122 e. The lowest BCUT2D eigenvalue weighted by Crippen LogP contribution is -2.13. The molecule has 1 heterocycles. The minimum absolute atomic E-state index is 0.464. The summed E-state index contributed by atoms with van der Waals surface area (Å²) >= 11 is 7.93. The summed E-state index contributed by atoms with van der Waals surface area (Å²) in [7, 11) is 1.63. The fourth-order valence-corrected chi connectivity index (χ4v) is 2.98. The number of aromatic nitrogens is 2. The van der Waals surface area contributed by atoms with Gasteiger partial charge in [0.25, 0.3) is 0 Å². The molecule has 0 aliphatic heterocycles. The maximum Gasteiger partial charge on any atom is 0.122 e. The van der Waals surface area contributed by atoms with Gasteiger partial charge in [-0.05, 0) is 23.4 Å². The second kappa shape index (κ2) is 7.84. The molecule has 0 amide bonds. The molecule has 114 valence electrons. The Labute approximate surface area is 134 Å². The van der Waals surface area contributed by atoms with Gasteiger partial charge >= 0.3 is 0 Å². The lowest BCUT2D eigenvalue weighted by molar-refractivity contribution is 0.171. The van der Waals surface area contributed by atoms with Gasteiger partial charge in [0.05, 0.1) is 30.1 Å². The first kappa shape index (κ1) is 16.4. The predicted molar refractivity (Wildman–Crippen MR) is 86.0 cm³/mol. The Morgan fingerprint density at radius 3 is 2.71 bits per heavy atom. The summed E-state index contributed by atoms with van der Waals surface area (Å²) in [6.45, 7) is 3.19.